The summed E-state index contributed by atoms with van der Waals surface area (Å²) in [5, 5.41) is 0. The van der Waals surface area contributed by atoms with Crippen LogP contribution in [-0.2, 0) is 15.4 Å². The lowest BCUT2D eigenvalue weighted by Gasteiger charge is -2.38. The second-order valence-corrected chi connectivity index (χ2v) is 12.5. The Morgan fingerprint density at radius 3 is 2.54 bits per heavy atom. The molecule has 4 rings (SSSR count). The minimum absolute atomic E-state index is 0.000405. The van der Waals surface area contributed by atoms with E-state index in [4.69, 9.17) is 10.5 Å². The van der Waals surface area contributed by atoms with Crippen LogP contribution in [0.3, 0.4) is 0 Å². The van der Waals surface area contributed by atoms with E-state index in [1.54, 1.807) is 0 Å². The Morgan fingerprint density at radius 1 is 1.20 bits per heavy atom. The van der Waals surface area contributed by atoms with Crippen LogP contribution in [-0.4, -0.2) is 41.3 Å². The van der Waals surface area contributed by atoms with E-state index in [9.17, 15) is 17.2 Å². The van der Waals surface area contributed by atoms with E-state index in [1.807, 2.05) is 0 Å². The van der Waals surface area contributed by atoms with Crippen LogP contribution in [0.4, 0.5) is 8.78 Å². The van der Waals surface area contributed by atoms with Crippen LogP contribution in [0.2, 0.25) is 0 Å². The molecule has 1 atom stereocenters. The molecule has 2 aliphatic rings. The summed E-state index contributed by atoms with van der Waals surface area (Å²) in [6, 6.07) is 3.93. The SMILES string of the molecule is CC1(C)C(N)=N[C@](C)(c2cc(/C=C(\F)c3cnc(OCC4CCCC4)cn3)ccc2F)CS1(=O)=O. The predicted octanol–water partition coefficient (Wildman–Crippen LogP) is 4.43. The van der Waals surface area contributed by atoms with Gasteiger partial charge in [0.25, 0.3) is 0 Å². The van der Waals surface area contributed by atoms with Gasteiger partial charge in [-0.3, -0.25) is 4.99 Å². The Bertz CT molecular complexity index is 1270. The standard InChI is InChI=1S/C25H30F2N4O3S/c1-24(2)23(28)31-25(3,15-35(24,32)33)18-10-17(8-9-19(18)26)11-20(27)21-12-30-22(13-29-21)34-14-16-6-4-5-7-16/h8-13,16H,4-7,14-15H2,1-3H3,(H2,28,31)/b20-11-/t25-/m0/s1. The third-order valence-electron chi connectivity index (χ3n) is 6.91. The van der Waals surface area contributed by atoms with Crippen molar-refractivity contribution < 1.29 is 21.9 Å². The predicted molar refractivity (Wildman–Crippen MR) is 132 cm³/mol. The average Bonchev–Trinajstić information content (AvgIpc) is 3.31. The van der Waals surface area contributed by atoms with Crippen molar-refractivity contribution in [2.45, 2.75) is 56.7 Å². The van der Waals surface area contributed by atoms with Gasteiger partial charge in [-0.05, 0) is 63.3 Å². The molecule has 2 N–H and O–H groups in total. The Labute approximate surface area is 204 Å². The Hall–Kier alpha value is -2.88. The van der Waals surface area contributed by atoms with Gasteiger partial charge in [-0.2, -0.15) is 0 Å². The first-order chi connectivity index (χ1) is 16.4. The Balaban J connectivity index is 1.57. The zero-order valence-corrected chi connectivity index (χ0v) is 20.9. The fourth-order valence-corrected chi connectivity index (χ4v) is 6.13. The number of ether oxygens (including phenoxy) is 1. The monoisotopic (exact) mass is 504 g/mol. The number of halogens is 2. The lowest BCUT2D eigenvalue weighted by molar-refractivity contribution is 0.242. The van der Waals surface area contributed by atoms with Crippen molar-refractivity contribution >= 4 is 27.6 Å². The summed E-state index contributed by atoms with van der Waals surface area (Å²) in [7, 11) is -3.72. The molecule has 0 saturated heterocycles. The molecule has 1 aromatic carbocycles. The van der Waals surface area contributed by atoms with Crippen LogP contribution in [0.15, 0.2) is 35.6 Å². The third kappa shape index (κ3) is 5.07. The molecule has 1 aliphatic carbocycles. The van der Waals surface area contributed by atoms with Gasteiger partial charge in [-0.15, -0.1) is 0 Å². The highest BCUT2D eigenvalue weighted by atomic mass is 32.2. The van der Waals surface area contributed by atoms with Crippen LogP contribution in [0.1, 0.15) is 63.3 Å². The maximum Gasteiger partial charge on any atom is 0.232 e. The Kier molecular flexibility index (Phi) is 6.70. The van der Waals surface area contributed by atoms with Crippen LogP contribution >= 0.6 is 0 Å². The maximum absolute atomic E-state index is 14.9. The van der Waals surface area contributed by atoms with Crippen molar-refractivity contribution in [2.24, 2.45) is 16.6 Å². The van der Waals surface area contributed by atoms with Crippen molar-refractivity contribution in [3.63, 3.8) is 0 Å². The highest BCUT2D eigenvalue weighted by molar-refractivity contribution is 7.93. The molecule has 0 unspecified atom stereocenters. The summed E-state index contributed by atoms with van der Waals surface area (Å²) in [5.74, 6) is -0.991. The zero-order valence-electron chi connectivity index (χ0n) is 20.1. The molecule has 35 heavy (non-hydrogen) atoms. The van der Waals surface area contributed by atoms with Gasteiger partial charge in [-0.1, -0.05) is 18.9 Å². The van der Waals surface area contributed by atoms with Crippen LogP contribution in [0.25, 0.3) is 11.9 Å². The van der Waals surface area contributed by atoms with Crippen molar-refractivity contribution in [2.75, 3.05) is 12.4 Å². The van der Waals surface area contributed by atoms with E-state index in [2.05, 4.69) is 15.0 Å². The van der Waals surface area contributed by atoms with Gasteiger partial charge in [0.15, 0.2) is 15.7 Å². The number of hydrogen-bond donors (Lipinski definition) is 1. The van der Waals surface area contributed by atoms with Gasteiger partial charge in [0.05, 0.1) is 24.8 Å². The number of nitrogens with zero attached hydrogens (tertiary/aromatic N) is 3. The molecule has 2 heterocycles. The van der Waals surface area contributed by atoms with E-state index in [1.165, 1.54) is 64.2 Å². The number of rotatable bonds is 6. The lowest BCUT2D eigenvalue weighted by atomic mass is 9.91. The molecule has 10 heteroatoms. The number of hydrogen-bond acceptors (Lipinski definition) is 7. The van der Waals surface area contributed by atoms with Crippen LogP contribution in [0.5, 0.6) is 5.88 Å². The molecular formula is C25H30F2N4O3S. The third-order valence-corrected chi connectivity index (χ3v) is 9.62. The molecule has 1 fully saturated rings. The van der Waals surface area contributed by atoms with Gasteiger partial charge in [0, 0.05) is 5.56 Å². The van der Waals surface area contributed by atoms with E-state index in [0.717, 1.165) is 18.9 Å². The normalized spacial score (nSPS) is 24.3. The molecule has 0 radical (unpaired) electrons. The first-order valence-electron chi connectivity index (χ1n) is 11.6. The van der Waals surface area contributed by atoms with Crippen molar-refractivity contribution in [1.29, 1.82) is 0 Å². The molecule has 1 aliphatic heterocycles. The molecule has 0 bridgehead atoms. The van der Waals surface area contributed by atoms with Crippen molar-refractivity contribution in [3.8, 4) is 5.88 Å². The van der Waals surface area contributed by atoms with E-state index in [0.29, 0.717) is 24.0 Å². The number of aliphatic imine (C=N–C) groups is 1. The largest absolute Gasteiger partial charge is 0.476 e. The van der Waals surface area contributed by atoms with Gasteiger partial charge in [-0.25, -0.2) is 27.2 Å². The van der Waals surface area contributed by atoms with Crippen LogP contribution in [0, 0.1) is 11.7 Å². The zero-order chi connectivity index (χ0) is 25.4. The first kappa shape index (κ1) is 25.2. The van der Waals surface area contributed by atoms with E-state index >= 15 is 0 Å². The second kappa shape index (κ2) is 9.29. The number of amidine groups is 1. The highest BCUT2D eigenvalue weighted by Crippen LogP contribution is 2.38. The molecule has 1 saturated carbocycles. The molecule has 1 aromatic heterocycles. The molecule has 2 aromatic rings. The van der Waals surface area contributed by atoms with Crippen molar-refractivity contribution in [3.05, 3.63) is 53.2 Å². The maximum atomic E-state index is 14.9. The van der Waals surface area contributed by atoms with E-state index < -0.39 is 37.5 Å². The van der Waals surface area contributed by atoms with Crippen molar-refractivity contribution in [1.82, 2.24) is 9.97 Å². The first-order valence-corrected chi connectivity index (χ1v) is 13.3. The summed E-state index contributed by atoms with van der Waals surface area (Å²) < 4.78 is 59.7. The summed E-state index contributed by atoms with van der Waals surface area (Å²) in [6.07, 6.45) is 8.55. The summed E-state index contributed by atoms with van der Waals surface area (Å²) in [6.45, 7) is 5.02. The second-order valence-electron chi connectivity index (χ2n) is 9.97. The number of sulfone groups is 1. The topological polar surface area (TPSA) is 108 Å². The minimum Gasteiger partial charge on any atom is -0.476 e. The van der Waals surface area contributed by atoms with Gasteiger partial charge < -0.3 is 10.5 Å². The minimum atomic E-state index is -3.72. The molecule has 188 valence electrons. The fourth-order valence-electron chi connectivity index (χ4n) is 4.44. The average molecular weight is 505 g/mol. The molecule has 0 amide bonds. The quantitative estimate of drug-likeness (QED) is 0.624. The Morgan fingerprint density at radius 2 is 1.91 bits per heavy atom. The van der Waals surface area contributed by atoms with Gasteiger partial charge >= 0.3 is 0 Å². The number of aromatic nitrogens is 2. The summed E-state index contributed by atoms with van der Waals surface area (Å²) in [4.78, 5) is 12.6. The van der Waals surface area contributed by atoms with E-state index in [-0.39, 0.29) is 17.1 Å². The molecular weight excluding hydrogens is 474 g/mol. The van der Waals surface area contributed by atoms with Crippen LogP contribution < -0.4 is 10.5 Å². The fraction of sp³-hybridized carbons (Fsp3) is 0.480. The van der Waals surface area contributed by atoms with Gasteiger partial charge in [0.1, 0.15) is 27.6 Å². The number of nitrogens with two attached hydrogens (primary N) is 1. The smallest absolute Gasteiger partial charge is 0.232 e. The molecule has 0 spiro atoms. The molecule has 7 nitrogen and oxygen atoms in total. The number of benzene rings is 1. The van der Waals surface area contributed by atoms with Gasteiger partial charge in [0.2, 0.25) is 5.88 Å². The highest BCUT2D eigenvalue weighted by Gasteiger charge is 2.49. The summed E-state index contributed by atoms with van der Waals surface area (Å²) in [5.41, 5.74) is 4.86. The summed E-state index contributed by atoms with van der Waals surface area (Å²) >= 11 is 0. The lowest BCUT2D eigenvalue weighted by Crippen LogP contribution is -2.55.